The van der Waals surface area contributed by atoms with Crippen LogP contribution in [0, 0.1) is 6.92 Å². The molecule has 0 aliphatic carbocycles. The molecule has 1 amide bonds. The maximum Gasteiger partial charge on any atom is 0.254 e. The van der Waals surface area contributed by atoms with Gasteiger partial charge in [-0.15, -0.1) is 11.3 Å². The molecule has 0 aliphatic heterocycles. The summed E-state index contributed by atoms with van der Waals surface area (Å²) in [6.07, 6.45) is 4.45. The van der Waals surface area contributed by atoms with Crippen LogP contribution in [-0.2, 0) is 13.0 Å². The number of fused-ring (bicyclic) bond motifs is 1. The summed E-state index contributed by atoms with van der Waals surface area (Å²) in [5.41, 5.74) is 5.02. The lowest BCUT2D eigenvalue weighted by atomic mass is 10.1. The normalized spacial score (nSPS) is 11.2. The average molecular weight is 442 g/mol. The Kier molecular flexibility index (Phi) is 5.60. The van der Waals surface area contributed by atoms with Crippen molar-refractivity contribution in [2.75, 3.05) is 6.54 Å². The summed E-state index contributed by atoms with van der Waals surface area (Å²) in [5, 5.41) is 2.12. The predicted octanol–water partition coefficient (Wildman–Crippen LogP) is 5.85. The van der Waals surface area contributed by atoms with Crippen LogP contribution in [0.1, 0.15) is 27.4 Å². The second kappa shape index (κ2) is 8.85. The van der Waals surface area contributed by atoms with Crippen molar-refractivity contribution >= 4 is 22.2 Å². The Morgan fingerprint density at radius 3 is 2.62 bits per heavy atom. The third-order valence-corrected chi connectivity index (χ3v) is 6.39. The lowest BCUT2D eigenvalue weighted by Gasteiger charge is -2.22. The minimum atomic E-state index is 0.00322. The maximum absolute atomic E-state index is 13.3. The molecule has 0 atom stereocenters. The van der Waals surface area contributed by atoms with E-state index in [0.717, 1.165) is 39.7 Å². The van der Waals surface area contributed by atoms with Gasteiger partial charge in [0, 0.05) is 41.4 Å². The predicted molar refractivity (Wildman–Crippen MR) is 127 cm³/mol. The van der Waals surface area contributed by atoms with Crippen LogP contribution in [0.4, 0.5) is 0 Å². The van der Waals surface area contributed by atoms with Gasteiger partial charge in [0.1, 0.15) is 5.76 Å². The molecule has 0 bridgehead atoms. The molecule has 2 aromatic carbocycles. The van der Waals surface area contributed by atoms with Gasteiger partial charge in [-0.1, -0.05) is 48.0 Å². The summed E-state index contributed by atoms with van der Waals surface area (Å²) < 4.78 is 7.66. The lowest BCUT2D eigenvalue weighted by Crippen LogP contribution is -2.32. The van der Waals surface area contributed by atoms with E-state index in [-0.39, 0.29) is 5.91 Å². The fourth-order valence-electron chi connectivity index (χ4n) is 3.73. The summed E-state index contributed by atoms with van der Waals surface area (Å²) in [6.45, 7) is 3.04. The van der Waals surface area contributed by atoms with E-state index in [0.29, 0.717) is 18.7 Å². The fourth-order valence-corrected chi connectivity index (χ4v) is 4.64. The van der Waals surface area contributed by atoms with E-state index < -0.39 is 0 Å². The third-order valence-electron chi connectivity index (χ3n) is 5.50. The molecule has 0 N–H and O–H groups in total. The summed E-state index contributed by atoms with van der Waals surface area (Å²) in [4.78, 5) is 20.8. The molecule has 5 rings (SSSR count). The van der Waals surface area contributed by atoms with Crippen LogP contribution >= 0.6 is 11.3 Å². The third kappa shape index (κ3) is 4.22. The number of furan rings is 1. The molecular formula is C26H23N3O2S. The van der Waals surface area contributed by atoms with Gasteiger partial charge in [0.2, 0.25) is 0 Å². The molecule has 6 heteroatoms. The molecule has 0 aliphatic rings. The van der Waals surface area contributed by atoms with Gasteiger partial charge in [-0.25, -0.2) is 4.98 Å². The number of nitrogens with zero attached hydrogens (tertiary/aromatic N) is 3. The molecule has 0 saturated heterocycles. The number of carbonyl (C=O) groups excluding carboxylic acids is 1. The Labute approximate surface area is 190 Å². The number of hydrogen-bond donors (Lipinski definition) is 0. The molecular weight excluding hydrogens is 418 g/mol. The zero-order valence-electron chi connectivity index (χ0n) is 17.8. The van der Waals surface area contributed by atoms with Gasteiger partial charge in [-0.3, -0.25) is 9.20 Å². The molecule has 0 unspecified atom stereocenters. The number of imidazole rings is 1. The molecule has 0 fully saturated rings. The van der Waals surface area contributed by atoms with Crippen LogP contribution in [0.15, 0.2) is 89.0 Å². The first-order chi connectivity index (χ1) is 15.7. The number of benzene rings is 2. The van der Waals surface area contributed by atoms with Crippen LogP contribution < -0.4 is 0 Å². The molecule has 3 aromatic heterocycles. The van der Waals surface area contributed by atoms with Gasteiger partial charge in [-0.05, 0) is 31.2 Å². The van der Waals surface area contributed by atoms with E-state index in [1.54, 1.807) is 17.6 Å². The quantitative estimate of drug-likeness (QED) is 0.318. The Hall–Kier alpha value is -3.64. The van der Waals surface area contributed by atoms with Crippen LogP contribution in [0.25, 0.3) is 16.2 Å². The van der Waals surface area contributed by atoms with Gasteiger partial charge in [0.05, 0.1) is 18.5 Å². The molecule has 0 spiro atoms. The average Bonchev–Trinajstić information content (AvgIpc) is 3.56. The van der Waals surface area contributed by atoms with E-state index in [1.165, 1.54) is 0 Å². The lowest BCUT2D eigenvalue weighted by molar-refractivity contribution is 0.0733. The van der Waals surface area contributed by atoms with Crippen molar-refractivity contribution in [3.63, 3.8) is 0 Å². The first-order valence-corrected chi connectivity index (χ1v) is 11.4. The molecule has 0 radical (unpaired) electrons. The van der Waals surface area contributed by atoms with Crippen LogP contribution in [0.3, 0.4) is 0 Å². The van der Waals surface area contributed by atoms with Crippen LogP contribution in [-0.4, -0.2) is 26.7 Å². The summed E-state index contributed by atoms with van der Waals surface area (Å²) in [6, 6.07) is 21.6. The van der Waals surface area contributed by atoms with E-state index in [1.807, 2.05) is 66.4 Å². The second-order valence-electron chi connectivity index (χ2n) is 7.79. The molecule has 0 saturated carbocycles. The fraction of sp³-hybridized carbons (Fsp3) is 0.154. The summed E-state index contributed by atoms with van der Waals surface area (Å²) in [5.74, 6) is 0.776. The van der Waals surface area contributed by atoms with Crippen molar-refractivity contribution < 1.29 is 9.21 Å². The number of amides is 1. The van der Waals surface area contributed by atoms with Gasteiger partial charge in [0.15, 0.2) is 4.96 Å². The van der Waals surface area contributed by atoms with Crippen LogP contribution in [0.2, 0.25) is 0 Å². The zero-order chi connectivity index (χ0) is 21.9. The van der Waals surface area contributed by atoms with E-state index in [4.69, 9.17) is 9.40 Å². The smallest absolute Gasteiger partial charge is 0.254 e. The van der Waals surface area contributed by atoms with Crippen molar-refractivity contribution in [2.24, 2.45) is 0 Å². The second-order valence-corrected chi connectivity index (χ2v) is 8.63. The first-order valence-electron chi connectivity index (χ1n) is 10.6. The van der Waals surface area contributed by atoms with Crippen LogP contribution in [0.5, 0.6) is 0 Å². The van der Waals surface area contributed by atoms with Gasteiger partial charge in [0.25, 0.3) is 5.91 Å². The molecule has 160 valence electrons. The molecule has 5 nitrogen and oxygen atoms in total. The minimum Gasteiger partial charge on any atom is -0.467 e. The standard InChI is InChI=1S/C26H23N3O2S/c1-19-9-11-21(12-10-19)25(30)28(16-23-8-5-15-31-23)14-13-22-18-32-26-27-24(17-29(22)26)20-6-3-2-4-7-20/h2-12,15,17-18H,13-14,16H2,1H3. The highest BCUT2D eigenvalue weighted by Gasteiger charge is 2.18. The van der Waals surface area contributed by atoms with Crippen molar-refractivity contribution in [2.45, 2.75) is 19.9 Å². The first kappa shape index (κ1) is 20.3. The highest BCUT2D eigenvalue weighted by atomic mass is 32.1. The maximum atomic E-state index is 13.3. The van der Waals surface area contributed by atoms with Gasteiger partial charge < -0.3 is 9.32 Å². The molecule has 5 aromatic rings. The number of hydrogen-bond acceptors (Lipinski definition) is 4. The highest BCUT2D eigenvalue weighted by Crippen LogP contribution is 2.24. The molecule has 3 heterocycles. The van der Waals surface area contributed by atoms with E-state index >= 15 is 0 Å². The summed E-state index contributed by atoms with van der Waals surface area (Å²) >= 11 is 1.62. The van der Waals surface area contributed by atoms with E-state index in [9.17, 15) is 4.79 Å². The van der Waals surface area contributed by atoms with Crippen molar-refractivity contribution in [3.8, 4) is 11.3 Å². The van der Waals surface area contributed by atoms with Gasteiger partial charge >= 0.3 is 0 Å². The number of aromatic nitrogens is 2. The Balaban J connectivity index is 1.38. The van der Waals surface area contributed by atoms with Crippen molar-refractivity contribution in [3.05, 3.63) is 107 Å². The Bertz CT molecular complexity index is 1320. The Morgan fingerprint density at radius 1 is 1.06 bits per heavy atom. The monoisotopic (exact) mass is 441 g/mol. The van der Waals surface area contributed by atoms with E-state index in [2.05, 4.69) is 28.1 Å². The summed E-state index contributed by atoms with van der Waals surface area (Å²) in [7, 11) is 0. The minimum absolute atomic E-state index is 0.00322. The zero-order valence-corrected chi connectivity index (χ0v) is 18.6. The van der Waals surface area contributed by atoms with Crippen molar-refractivity contribution in [1.82, 2.24) is 14.3 Å². The van der Waals surface area contributed by atoms with Crippen molar-refractivity contribution in [1.29, 1.82) is 0 Å². The molecule has 32 heavy (non-hydrogen) atoms. The Morgan fingerprint density at radius 2 is 1.88 bits per heavy atom. The highest BCUT2D eigenvalue weighted by molar-refractivity contribution is 7.15. The number of aryl methyl sites for hydroxylation is 1. The topological polar surface area (TPSA) is 50.8 Å². The van der Waals surface area contributed by atoms with Gasteiger partial charge in [-0.2, -0.15) is 0 Å². The number of thiazole rings is 1. The number of carbonyl (C=O) groups is 1. The SMILES string of the molecule is Cc1ccc(C(=O)N(CCc2csc3nc(-c4ccccc4)cn23)Cc2ccco2)cc1. The number of rotatable bonds is 7. The largest absolute Gasteiger partial charge is 0.467 e.